The maximum Gasteiger partial charge on any atom is 0.224 e. The van der Waals surface area contributed by atoms with Crippen molar-refractivity contribution in [2.75, 3.05) is 11.9 Å². The molecule has 0 saturated heterocycles. The van der Waals surface area contributed by atoms with Crippen LogP contribution in [0.5, 0.6) is 0 Å². The van der Waals surface area contributed by atoms with E-state index in [4.69, 9.17) is 5.73 Å². The number of carbonyl (C=O) groups excluding carboxylic acids is 1. The third kappa shape index (κ3) is 3.57. The van der Waals surface area contributed by atoms with Crippen LogP contribution in [0.4, 0.5) is 10.1 Å². The van der Waals surface area contributed by atoms with E-state index in [2.05, 4.69) is 17.2 Å². The van der Waals surface area contributed by atoms with E-state index in [1.807, 2.05) is 0 Å². The number of hydrogen-bond acceptors (Lipinski definition) is 2. The highest BCUT2D eigenvalue weighted by atomic mass is 19.1. The van der Waals surface area contributed by atoms with Gasteiger partial charge in [0.2, 0.25) is 5.91 Å². The SMILES string of the molecule is NCC#Cc1ccc(NC(=O)CC2CC2)c(F)c1. The second-order valence-corrected chi connectivity index (χ2v) is 4.40. The molecular formula is C14H15FN2O. The fourth-order valence-electron chi connectivity index (χ4n) is 1.63. The third-order valence-electron chi connectivity index (χ3n) is 2.75. The van der Waals surface area contributed by atoms with Crippen LogP contribution in [0.1, 0.15) is 24.8 Å². The number of anilines is 1. The van der Waals surface area contributed by atoms with Crippen LogP contribution in [0.25, 0.3) is 0 Å². The second-order valence-electron chi connectivity index (χ2n) is 4.40. The van der Waals surface area contributed by atoms with Gasteiger partial charge in [0.05, 0.1) is 12.2 Å². The van der Waals surface area contributed by atoms with Gasteiger partial charge >= 0.3 is 0 Å². The number of rotatable bonds is 3. The Kier molecular flexibility index (Phi) is 3.96. The summed E-state index contributed by atoms with van der Waals surface area (Å²) >= 11 is 0. The van der Waals surface area contributed by atoms with Crippen LogP contribution in [-0.4, -0.2) is 12.5 Å². The quantitative estimate of drug-likeness (QED) is 0.800. The van der Waals surface area contributed by atoms with E-state index in [1.54, 1.807) is 6.07 Å². The number of nitrogens with one attached hydrogen (secondary N) is 1. The van der Waals surface area contributed by atoms with Crippen LogP contribution >= 0.6 is 0 Å². The number of hydrogen-bond donors (Lipinski definition) is 2. The number of carbonyl (C=O) groups is 1. The molecule has 0 bridgehead atoms. The highest BCUT2D eigenvalue weighted by Crippen LogP contribution is 2.32. The Morgan fingerprint density at radius 3 is 2.89 bits per heavy atom. The molecule has 1 aromatic rings. The predicted octanol–water partition coefficient (Wildman–Crippen LogP) is 1.87. The first-order valence-electron chi connectivity index (χ1n) is 5.97. The van der Waals surface area contributed by atoms with E-state index in [9.17, 15) is 9.18 Å². The molecule has 0 atom stereocenters. The van der Waals surface area contributed by atoms with Crippen LogP contribution in [0, 0.1) is 23.6 Å². The van der Waals surface area contributed by atoms with Gasteiger partial charge in [-0.1, -0.05) is 11.8 Å². The lowest BCUT2D eigenvalue weighted by Gasteiger charge is -2.06. The van der Waals surface area contributed by atoms with Crippen LogP contribution in [0.3, 0.4) is 0 Å². The van der Waals surface area contributed by atoms with Gasteiger partial charge in [-0.15, -0.1) is 0 Å². The van der Waals surface area contributed by atoms with Crippen molar-refractivity contribution in [1.29, 1.82) is 0 Å². The van der Waals surface area contributed by atoms with E-state index in [0.717, 1.165) is 12.8 Å². The number of amides is 1. The second kappa shape index (κ2) is 5.65. The van der Waals surface area contributed by atoms with Gasteiger partial charge in [-0.25, -0.2) is 4.39 Å². The fourth-order valence-corrected chi connectivity index (χ4v) is 1.63. The van der Waals surface area contributed by atoms with Crippen molar-refractivity contribution in [1.82, 2.24) is 0 Å². The summed E-state index contributed by atoms with van der Waals surface area (Å²) in [5, 5.41) is 2.58. The molecule has 18 heavy (non-hydrogen) atoms. The summed E-state index contributed by atoms with van der Waals surface area (Å²) < 4.78 is 13.7. The Labute approximate surface area is 106 Å². The molecule has 1 saturated carbocycles. The first kappa shape index (κ1) is 12.6. The molecule has 2 rings (SSSR count). The maximum absolute atomic E-state index is 13.7. The molecule has 3 nitrogen and oxygen atoms in total. The standard InChI is InChI=1S/C14H15FN2O/c15-12-8-10(2-1-7-16)5-6-13(12)17-14(18)9-11-3-4-11/h5-6,8,11H,3-4,7,9,16H2,(H,17,18). The summed E-state index contributed by atoms with van der Waals surface area (Å²) in [5.74, 6) is 5.28. The largest absolute Gasteiger partial charge is 0.324 e. The van der Waals surface area contributed by atoms with Gasteiger partial charge in [-0.3, -0.25) is 4.79 Å². The third-order valence-corrected chi connectivity index (χ3v) is 2.75. The Balaban J connectivity index is 2.01. The highest BCUT2D eigenvalue weighted by Gasteiger charge is 2.24. The number of nitrogens with two attached hydrogens (primary N) is 1. The van der Waals surface area contributed by atoms with Crippen LogP contribution < -0.4 is 11.1 Å². The molecule has 1 aromatic carbocycles. The van der Waals surface area contributed by atoms with Gasteiger partial charge in [0.25, 0.3) is 0 Å². The number of benzene rings is 1. The average molecular weight is 246 g/mol. The van der Waals surface area contributed by atoms with E-state index >= 15 is 0 Å². The summed E-state index contributed by atoms with van der Waals surface area (Å²) in [5.41, 5.74) is 6.00. The van der Waals surface area contributed by atoms with Crippen molar-refractivity contribution in [2.24, 2.45) is 11.7 Å². The molecule has 1 aliphatic carbocycles. The van der Waals surface area contributed by atoms with Gasteiger partial charge in [0.1, 0.15) is 5.82 Å². The Morgan fingerprint density at radius 2 is 2.28 bits per heavy atom. The van der Waals surface area contributed by atoms with Gasteiger partial charge < -0.3 is 11.1 Å². The normalized spacial score (nSPS) is 13.7. The molecule has 0 spiro atoms. The van der Waals surface area contributed by atoms with Crippen LogP contribution in [0.2, 0.25) is 0 Å². The molecule has 94 valence electrons. The average Bonchev–Trinajstić information content (AvgIpc) is 3.13. The minimum atomic E-state index is -0.469. The number of halogens is 1. The fraction of sp³-hybridized carbons (Fsp3) is 0.357. The molecule has 1 fully saturated rings. The Hall–Kier alpha value is -1.86. The smallest absolute Gasteiger partial charge is 0.224 e. The van der Waals surface area contributed by atoms with Crippen LogP contribution in [0.15, 0.2) is 18.2 Å². The van der Waals surface area contributed by atoms with Crippen molar-refractivity contribution in [3.8, 4) is 11.8 Å². The molecule has 1 aliphatic rings. The first-order valence-corrected chi connectivity index (χ1v) is 5.97. The van der Waals surface area contributed by atoms with Crippen molar-refractivity contribution in [3.63, 3.8) is 0 Å². The molecule has 0 radical (unpaired) electrons. The minimum absolute atomic E-state index is 0.128. The molecule has 1 amide bonds. The van der Waals surface area contributed by atoms with Gasteiger partial charge in [0.15, 0.2) is 0 Å². The zero-order valence-electron chi connectivity index (χ0n) is 10.0. The predicted molar refractivity (Wildman–Crippen MR) is 68.3 cm³/mol. The zero-order chi connectivity index (χ0) is 13.0. The lowest BCUT2D eigenvalue weighted by Crippen LogP contribution is -2.13. The molecule has 0 aliphatic heterocycles. The van der Waals surface area contributed by atoms with Crippen molar-refractivity contribution in [3.05, 3.63) is 29.6 Å². The molecule has 4 heteroatoms. The Morgan fingerprint density at radius 1 is 1.50 bits per heavy atom. The Bertz CT molecular complexity index is 512. The van der Waals surface area contributed by atoms with Crippen molar-refractivity contribution < 1.29 is 9.18 Å². The van der Waals surface area contributed by atoms with Gasteiger partial charge in [-0.05, 0) is 37.0 Å². The summed E-state index contributed by atoms with van der Waals surface area (Å²) in [4.78, 5) is 11.5. The van der Waals surface area contributed by atoms with E-state index in [0.29, 0.717) is 17.9 Å². The zero-order valence-corrected chi connectivity index (χ0v) is 10.0. The summed E-state index contributed by atoms with van der Waals surface area (Å²) in [6, 6.07) is 4.49. The van der Waals surface area contributed by atoms with Gasteiger partial charge in [-0.2, -0.15) is 0 Å². The van der Waals surface area contributed by atoms with E-state index < -0.39 is 5.82 Å². The summed E-state index contributed by atoms with van der Waals surface area (Å²) in [6.45, 7) is 0.238. The van der Waals surface area contributed by atoms with Crippen molar-refractivity contribution in [2.45, 2.75) is 19.3 Å². The monoisotopic (exact) mass is 246 g/mol. The molecule has 0 unspecified atom stereocenters. The molecule has 3 N–H and O–H groups in total. The van der Waals surface area contributed by atoms with Gasteiger partial charge in [0, 0.05) is 12.0 Å². The maximum atomic E-state index is 13.7. The summed E-state index contributed by atoms with van der Waals surface area (Å²) in [6.07, 6.45) is 2.68. The van der Waals surface area contributed by atoms with Crippen LogP contribution in [-0.2, 0) is 4.79 Å². The van der Waals surface area contributed by atoms with E-state index in [-0.39, 0.29) is 18.1 Å². The first-order chi connectivity index (χ1) is 8.69. The lowest BCUT2D eigenvalue weighted by atomic mass is 10.2. The molecular weight excluding hydrogens is 231 g/mol. The van der Waals surface area contributed by atoms with E-state index in [1.165, 1.54) is 12.1 Å². The molecule has 0 aromatic heterocycles. The van der Waals surface area contributed by atoms with Crippen molar-refractivity contribution >= 4 is 11.6 Å². The highest BCUT2D eigenvalue weighted by molar-refractivity contribution is 5.91. The lowest BCUT2D eigenvalue weighted by molar-refractivity contribution is -0.116. The topological polar surface area (TPSA) is 55.1 Å². The summed E-state index contributed by atoms with van der Waals surface area (Å²) in [7, 11) is 0. The molecule has 0 heterocycles. The minimum Gasteiger partial charge on any atom is -0.324 e.